The van der Waals surface area contributed by atoms with Gasteiger partial charge in [-0.15, -0.1) is 0 Å². The lowest BCUT2D eigenvalue weighted by Gasteiger charge is -2.45. The van der Waals surface area contributed by atoms with E-state index in [1.807, 2.05) is 24.3 Å². The summed E-state index contributed by atoms with van der Waals surface area (Å²) >= 11 is 0. The van der Waals surface area contributed by atoms with Crippen LogP contribution in [0.4, 0.5) is 0 Å². The second kappa shape index (κ2) is 5.08. The molecular formula is C16H20N2O2. The van der Waals surface area contributed by atoms with Gasteiger partial charge in [-0.05, 0) is 38.4 Å². The molecule has 1 aromatic rings. The van der Waals surface area contributed by atoms with E-state index in [1.165, 1.54) is 0 Å². The SMILES string of the molecule is N#CC1(C2(O)CCCNCC2)CCOc2ccccc21. The first kappa shape index (κ1) is 13.4. The number of nitrogens with one attached hydrogen (secondary N) is 1. The van der Waals surface area contributed by atoms with E-state index in [-0.39, 0.29) is 0 Å². The number of rotatable bonds is 1. The van der Waals surface area contributed by atoms with Crippen molar-refractivity contribution in [2.75, 3.05) is 19.7 Å². The van der Waals surface area contributed by atoms with Crippen LogP contribution in [-0.4, -0.2) is 30.4 Å². The average Bonchev–Trinajstić information content (AvgIpc) is 2.72. The van der Waals surface area contributed by atoms with E-state index in [0.29, 0.717) is 25.9 Å². The molecule has 4 nitrogen and oxygen atoms in total. The van der Waals surface area contributed by atoms with E-state index in [9.17, 15) is 10.4 Å². The topological polar surface area (TPSA) is 65.3 Å². The van der Waals surface area contributed by atoms with Crippen LogP contribution in [0.2, 0.25) is 0 Å². The fraction of sp³-hybridized carbons (Fsp3) is 0.562. The summed E-state index contributed by atoms with van der Waals surface area (Å²) in [5.41, 5.74) is -0.989. The lowest BCUT2D eigenvalue weighted by atomic mass is 9.62. The maximum atomic E-state index is 11.3. The molecule has 0 spiro atoms. The van der Waals surface area contributed by atoms with Crippen LogP contribution in [0.25, 0.3) is 0 Å². The molecule has 0 bridgehead atoms. The van der Waals surface area contributed by atoms with E-state index in [2.05, 4.69) is 11.4 Å². The number of benzene rings is 1. The van der Waals surface area contributed by atoms with Crippen LogP contribution in [0.3, 0.4) is 0 Å². The Bertz CT molecular complexity index is 530. The molecule has 2 unspecified atom stereocenters. The summed E-state index contributed by atoms with van der Waals surface area (Å²) in [5, 5.41) is 24.5. The van der Waals surface area contributed by atoms with Gasteiger partial charge >= 0.3 is 0 Å². The summed E-state index contributed by atoms with van der Waals surface area (Å²) in [6.07, 6.45) is 2.71. The fourth-order valence-corrected chi connectivity index (χ4v) is 3.58. The molecule has 0 aliphatic carbocycles. The highest BCUT2D eigenvalue weighted by atomic mass is 16.5. The van der Waals surface area contributed by atoms with Crippen molar-refractivity contribution in [3.8, 4) is 11.8 Å². The van der Waals surface area contributed by atoms with E-state index in [1.54, 1.807) is 0 Å². The molecule has 1 fully saturated rings. The Labute approximate surface area is 119 Å². The molecule has 0 radical (unpaired) electrons. The zero-order valence-electron chi connectivity index (χ0n) is 11.6. The Kier molecular flexibility index (Phi) is 3.41. The van der Waals surface area contributed by atoms with Crippen molar-refractivity contribution in [2.45, 2.75) is 36.7 Å². The van der Waals surface area contributed by atoms with Gasteiger partial charge in [-0.1, -0.05) is 18.2 Å². The molecule has 1 aromatic carbocycles. The van der Waals surface area contributed by atoms with Crippen LogP contribution in [0.1, 0.15) is 31.2 Å². The van der Waals surface area contributed by atoms with Crippen molar-refractivity contribution >= 4 is 0 Å². The fourth-order valence-electron chi connectivity index (χ4n) is 3.58. The summed E-state index contributed by atoms with van der Waals surface area (Å²) < 4.78 is 5.67. The number of hydrogen-bond acceptors (Lipinski definition) is 4. The maximum absolute atomic E-state index is 11.3. The third-order valence-electron chi connectivity index (χ3n) is 4.73. The zero-order valence-corrected chi connectivity index (χ0v) is 11.6. The van der Waals surface area contributed by atoms with Gasteiger partial charge in [-0.2, -0.15) is 5.26 Å². The Morgan fingerprint density at radius 3 is 2.90 bits per heavy atom. The largest absolute Gasteiger partial charge is 0.493 e. The van der Waals surface area contributed by atoms with Gasteiger partial charge in [-0.3, -0.25) is 0 Å². The first-order chi connectivity index (χ1) is 9.72. The van der Waals surface area contributed by atoms with E-state index < -0.39 is 11.0 Å². The standard InChI is InChI=1S/C16H20N2O2/c17-12-15(16(19)6-3-9-18-10-7-16)8-11-20-14-5-2-1-4-13(14)15/h1-2,4-5,18-19H,3,6-11H2. The number of nitriles is 1. The molecule has 2 heterocycles. The lowest BCUT2D eigenvalue weighted by molar-refractivity contribution is -0.0416. The van der Waals surface area contributed by atoms with Crippen molar-refractivity contribution in [3.63, 3.8) is 0 Å². The molecule has 0 saturated carbocycles. The van der Waals surface area contributed by atoms with Crippen molar-refractivity contribution in [3.05, 3.63) is 29.8 Å². The summed E-state index contributed by atoms with van der Waals surface area (Å²) in [5.74, 6) is 0.742. The van der Waals surface area contributed by atoms with Gasteiger partial charge in [0.15, 0.2) is 0 Å². The quantitative estimate of drug-likeness (QED) is 0.817. The molecule has 0 amide bonds. The smallest absolute Gasteiger partial charge is 0.124 e. The van der Waals surface area contributed by atoms with Crippen LogP contribution in [-0.2, 0) is 5.41 Å². The van der Waals surface area contributed by atoms with Crippen LogP contribution < -0.4 is 10.1 Å². The predicted molar refractivity (Wildman–Crippen MR) is 75.5 cm³/mol. The molecule has 4 heteroatoms. The number of para-hydroxylation sites is 1. The average molecular weight is 272 g/mol. The number of aliphatic hydroxyl groups is 1. The van der Waals surface area contributed by atoms with Gasteiger partial charge < -0.3 is 15.2 Å². The minimum absolute atomic E-state index is 0.486. The van der Waals surface area contributed by atoms with Gasteiger partial charge in [-0.25, -0.2) is 0 Å². The molecule has 2 aliphatic rings. The minimum atomic E-state index is -0.981. The molecular weight excluding hydrogens is 252 g/mol. The Morgan fingerprint density at radius 2 is 2.05 bits per heavy atom. The second-order valence-electron chi connectivity index (χ2n) is 5.75. The molecule has 2 atom stereocenters. The molecule has 106 valence electrons. The van der Waals surface area contributed by atoms with Gasteiger partial charge in [0.1, 0.15) is 11.2 Å². The first-order valence-corrected chi connectivity index (χ1v) is 7.29. The highest BCUT2D eigenvalue weighted by Crippen LogP contribution is 2.48. The molecule has 2 aliphatic heterocycles. The maximum Gasteiger partial charge on any atom is 0.124 e. The third-order valence-corrected chi connectivity index (χ3v) is 4.73. The third kappa shape index (κ3) is 1.90. The number of hydrogen-bond donors (Lipinski definition) is 2. The number of fused-ring (bicyclic) bond motifs is 1. The minimum Gasteiger partial charge on any atom is -0.493 e. The van der Waals surface area contributed by atoms with Gasteiger partial charge in [0.2, 0.25) is 0 Å². The molecule has 2 N–H and O–H groups in total. The van der Waals surface area contributed by atoms with Crippen LogP contribution in [0.5, 0.6) is 5.75 Å². The summed E-state index contributed by atoms with van der Waals surface area (Å²) in [6, 6.07) is 10.1. The Morgan fingerprint density at radius 1 is 1.20 bits per heavy atom. The molecule has 1 saturated heterocycles. The normalized spacial score (nSPS) is 33.4. The zero-order chi connectivity index (χ0) is 14.1. The van der Waals surface area contributed by atoms with Crippen molar-refractivity contribution in [1.82, 2.24) is 5.32 Å². The molecule has 0 aromatic heterocycles. The summed E-state index contributed by atoms with van der Waals surface area (Å²) in [6.45, 7) is 2.14. The van der Waals surface area contributed by atoms with E-state index >= 15 is 0 Å². The van der Waals surface area contributed by atoms with Gasteiger partial charge in [0.25, 0.3) is 0 Å². The van der Waals surface area contributed by atoms with Crippen LogP contribution in [0, 0.1) is 11.3 Å². The monoisotopic (exact) mass is 272 g/mol. The van der Waals surface area contributed by atoms with Gasteiger partial charge in [0.05, 0.1) is 18.3 Å². The van der Waals surface area contributed by atoms with Gasteiger partial charge in [0, 0.05) is 12.0 Å². The Hall–Kier alpha value is -1.57. The second-order valence-corrected chi connectivity index (χ2v) is 5.75. The van der Waals surface area contributed by atoms with Crippen molar-refractivity contribution in [2.24, 2.45) is 0 Å². The number of nitrogens with zero attached hydrogens (tertiary/aromatic N) is 1. The Balaban J connectivity index is 2.10. The van der Waals surface area contributed by atoms with Crippen molar-refractivity contribution < 1.29 is 9.84 Å². The summed E-state index contributed by atoms with van der Waals surface area (Å²) in [7, 11) is 0. The van der Waals surface area contributed by atoms with Crippen molar-refractivity contribution in [1.29, 1.82) is 5.26 Å². The molecule has 3 rings (SSSR count). The van der Waals surface area contributed by atoms with Crippen LogP contribution >= 0.6 is 0 Å². The highest BCUT2D eigenvalue weighted by molar-refractivity contribution is 5.48. The van der Waals surface area contributed by atoms with E-state index in [4.69, 9.17) is 4.74 Å². The summed E-state index contributed by atoms with van der Waals surface area (Å²) in [4.78, 5) is 0. The van der Waals surface area contributed by atoms with E-state index in [0.717, 1.165) is 30.8 Å². The highest BCUT2D eigenvalue weighted by Gasteiger charge is 2.54. The lowest BCUT2D eigenvalue weighted by Crippen LogP contribution is -2.53. The van der Waals surface area contributed by atoms with Crippen LogP contribution in [0.15, 0.2) is 24.3 Å². The predicted octanol–water partition coefficient (Wildman–Crippen LogP) is 1.74. The first-order valence-electron chi connectivity index (χ1n) is 7.29. The molecule has 20 heavy (non-hydrogen) atoms. The number of ether oxygens (including phenoxy) is 1.